The predicted molar refractivity (Wildman–Crippen MR) is 96.0 cm³/mol. The van der Waals surface area contributed by atoms with E-state index in [0.717, 1.165) is 5.06 Å². The van der Waals surface area contributed by atoms with Gasteiger partial charge in [0.2, 0.25) is 0 Å². The number of nitrogens with one attached hydrogen (secondary N) is 1. The Labute approximate surface area is 161 Å². The van der Waals surface area contributed by atoms with E-state index in [0.29, 0.717) is 16.8 Å². The first kappa shape index (κ1) is 19.5. The van der Waals surface area contributed by atoms with Gasteiger partial charge >= 0.3 is 6.09 Å². The number of rotatable bonds is 6. The van der Waals surface area contributed by atoms with E-state index in [4.69, 9.17) is 9.57 Å². The van der Waals surface area contributed by atoms with E-state index in [1.54, 1.807) is 51.2 Å². The molecule has 10 heteroatoms. The largest absolute Gasteiger partial charge is 0.444 e. The molecule has 1 aliphatic heterocycles. The molecule has 1 N–H and O–H groups in total. The number of nitrogens with zero attached hydrogens (tertiary/aromatic N) is 4. The van der Waals surface area contributed by atoms with Crippen LogP contribution in [0.3, 0.4) is 0 Å². The fourth-order valence-electron chi connectivity index (χ4n) is 2.52. The molecule has 3 amide bonds. The third-order valence-electron chi connectivity index (χ3n) is 3.70. The molecule has 1 aliphatic rings. The normalized spacial score (nSPS) is 13.6. The first-order chi connectivity index (χ1) is 13.2. The molecule has 148 valence electrons. The second-order valence-electron chi connectivity index (χ2n) is 7.11. The summed E-state index contributed by atoms with van der Waals surface area (Å²) in [6, 6.07) is 6.55. The molecule has 2 aromatic rings. The minimum atomic E-state index is -0.580. The quantitative estimate of drug-likeness (QED) is 0.747. The van der Waals surface area contributed by atoms with Crippen molar-refractivity contribution in [1.82, 2.24) is 25.4 Å². The highest BCUT2D eigenvalue weighted by molar-refractivity contribution is 6.20. The molecule has 3 rings (SSSR count). The maximum atomic E-state index is 12.2. The maximum absolute atomic E-state index is 12.2. The molecule has 0 saturated carbocycles. The third kappa shape index (κ3) is 4.52. The highest BCUT2D eigenvalue weighted by atomic mass is 16.7. The van der Waals surface area contributed by atoms with Gasteiger partial charge in [0.05, 0.1) is 37.0 Å². The lowest BCUT2D eigenvalue weighted by Gasteiger charge is -2.19. The summed E-state index contributed by atoms with van der Waals surface area (Å²) in [5.74, 6) is -0.970. The number of benzene rings is 1. The summed E-state index contributed by atoms with van der Waals surface area (Å²) in [4.78, 5) is 41.4. The zero-order valence-corrected chi connectivity index (χ0v) is 15.8. The van der Waals surface area contributed by atoms with Crippen LogP contribution in [0, 0.1) is 0 Å². The zero-order chi connectivity index (χ0) is 20.3. The topological polar surface area (TPSA) is 116 Å². The number of hydroxylamine groups is 2. The van der Waals surface area contributed by atoms with Crippen LogP contribution in [0.25, 0.3) is 0 Å². The van der Waals surface area contributed by atoms with E-state index >= 15 is 0 Å². The van der Waals surface area contributed by atoms with Gasteiger partial charge in [-0.15, -0.1) is 10.2 Å². The van der Waals surface area contributed by atoms with Crippen LogP contribution in [0.1, 0.15) is 47.2 Å². The number of amides is 3. The van der Waals surface area contributed by atoms with Gasteiger partial charge < -0.3 is 10.1 Å². The highest BCUT2D eigenvalue weighted by Gasteiger charge is 2.36. The number of carbonyl (C=O) groups excluding carboxylic acids is 3. The number of imide groups is 1. The molecule has 0 spiro atoms. The Balaban J connectivity index is 1.46. The van der Waals surface area contributed by atoms with Gasteiger partial charge in [-0.2, -0.15) is 0 Å². The number of hydrogen-bond acceptors (Lipinski definition) is 7. The molecule has 0 bridgehead atoms. The van der Waals surface area contributed by atoms with E-state index in [1.165, 1.54) is 4.68 Å². The summed E-state index contributed by atoms with van der Waals surface area (Å²) < 4.78 is 6.63. The number of aromatic nitrogens is 3. The molecular weight excluding hydrogens is 366 g/mol. The standard InChI is InChI=1S/C18H21N5O5/c1-18(2,3)28-17(26)19-10-12-11-22(21-20-12)8-9-27-23-15(24)13-6-4-5-7-14(13)16(23)25/h4-7,11H,8-10H2,1-3H3,(H,19,26). The van der Waals surface area contributed by atoms with E-state index in [1.807, 2.05) is 0 Å². The van der Waals surface area contributed by atoms with Crippen LogP contribution in [0.15, 0.2) is 30.5 Å². The van der Waals surface area contributed by atoms with Gasteiger partial charge in [-0.25, -0.2) is 9.48 Å². The van der Waals surface area contributed by atoms with Crippen molar-refractivity contribution in [2.24, 2.45) is 0 Å². The Morgan fingerprint density at radius 1 is 1.14 bits per heavy atom. The van der Waals surface area contributed by atoms with E-state index in [9.17, 15) is 14.4 Å². The van der Waals surface area contributed by atoms with Crippen LogP contribution >= 0.6 is 0 Å². The second-order valence-corrected chi connectivity index (χ2v) is 7.11. The molecule has 0 aliphatic carbocycles. The van der Waals surface area contributed by atoms with Crippen LogP contribution in [-0.4, -0.2) is 50.2 Å². The smallest absolute Gasteiger partial charge is 0.407 e. The van der Waals surface area contributed by atoms with Gasteiger partial charge in [0, 0.05) is 0 Å². The fraction of sp³-hybridized carbons (Fsp3) is 0.389. The van der Waals surface area contributed by atoms with Crippen LogP contribution in [0.4, 0.5) is 4.79 Å². The number of fused-ring (bicyclic) bond motifs is 1. The van der Waals surface area contributed by atoms with Crippen molar-refractivity contribution in [2.75, 3.05) is 6.61 Å². The average molecular weight is 387 g/mol. The molecular formula is C18H21N5O5. The Hall–Kier alpha value is -3.27. The van der Waals surface area contributed by atoms with Crippen LogP contribution in [-0.2, 0) is 22.7 Å². The molecule has 0 fully saturated rings. The average Bonchev–Trinajstić information content (AvgIpc) is 3.17. The summed E-state index contributed by atoms with van der Waals surface area (Å²) in [5, 5.41) is 11.2. The lowest BCUT2D eigenvalue weighted by Crippen LogP contribution is -2.32. The van der Waals surface area contributed by atoms with Crippen molar-refractivity contribution in [3.63, 3.8) is 0 Å². The number of carbonyl (C=O) groups is 3. The van der Waals surface area contributed by atoms with Crippen molar-refractivity contribution < 1.29 is 24.0 Å². The molecule has 0 saturated heterocycles. The Bertz CT molecular complexity index is 867. The van der Waals surface area contributed by atoms with E-state index in [2.05, 4.69) is 15.6 Å². The second kappa shape index (κ2) is 7.77. The molecule has 2 heterocycles. The lowest BCUT2D eigenvalue weighted by atomic mass is 10.1. The van der Waals surface area contributed by atoms with Crippen molar-refractivity contribution in [3.05, 3.63) is 47.3 Å². The molecule has 0 unspecified atom stereocenters. The fourth-order valence-corrected chi connectivity index (χ4v) is 2.52. The number of alkyl carbamates (subject to hydrolysis) is 1. The van der Waals surface area contributed by atoms with Crippen molar-refractivity contribution in [1.29, 1.82) is 0 Å². The SMILES string of the molecule is CC(C)(C)OC(=O)NCc1cn(CCON2C(=O)c3ccccc3C2=O)nn1. The van der Waals surface area contributed by atoms with E-state index < -0.39 is 23.5 Å². The van der Waals surface area contributed by atoms with Gasteiger partial charge in [-0.05, 0) is 32.9 Å². The first-order valence-corrected chi connectivity index (χ1v) is 8.71. The van der Waals surface area contributed by atoms with Crippen molar-refractivity contribution in [2.45, 2.75) is 39.5 Å². The Kier molecular flexibility index (Phi) is 5.41. The summed E-state index contributed by atoms with van der Waals surface area (Å²) in [6.07, 6.45) is 1.08. The molecule has 10 nitrogen and oxygen atoms in total. The Morgan fingerprint density at radius 3 is 2.39 bits per heavy atom. The number of hydrogen-bond donors (Lipinski definition) is 1. The minimum absolute atomic E-state index is 0.0494. The monoisotopic (exact) mass is 387 g/mol. The van der Waals surface area contributed by atoms with Crippen molar-refractivity contribution >= 4 is 17.9 Å². The number of ether oxygens (including phenoxy) is 1. The zero-order valence-electron chi connectivity index (χ0n) is 15.8. The molecule has 1 aromatic carbocycles. The van der Waals surface area contributed by atoms with Crippen LogP contribution in [0.5, 0.6) is 0 Å². The molecule has 28 heavy (non-hydrogen) atoms. The summed E-state index contributed by atoms with van der Waals surface area (Å²) in [6.45, 7) is 5.81. The van der Waals surface area contributed by atoms with Gasteiger partial charge in [0.1, 0.15) is 11.3 Å². The molecule has 0 radical (unpaired) electrons. The van der Waals surface area contributed by atoms with E-state index in [-0.39, 0.29) is 19.7 Å². The Morgan fingerprint density at radius 2 is 1.79 bits per heavy atom. The van der Waals surface area contributed by atoms with Crippen LogP contribution < -0.4 is 5.32 Å². The minimum Gasteiger partial charge on any atom is -0.444 e. The highest BCUT2D eigenvalue weighted by Crippen LogP contribution is 2.22. The predicted octanol–water partition coefficient (Wildman–Crippen LogP) is 1.53. The molecule has 1 aromatic heterocycles. The summed E-state index contributed by atoms with van der Waals surface area (Å²) in [5.41, 5.74) is 0.600. The first-order valence-electron chi connectivity index (χ1n) is 8.71. The summed E-state index contributed by atoms with van der Waals surface area (Å²) >= 11 is 0. The van der Waals surface area contributed by atoms with Gasteiger partial charge in [-0.3, -0.25) is 14.4 Å². The maximum Gasteiger partial charge on any atom is 0.407 e. The van der Waals surface area contributed by atoms with Gasteiger partial charge in [0.25, 0.3) is 11.8 Å². The van der Waals surface area contributed by atoms with Crippen LogP contribution in [0.2, 0.25) is 0 Å². The van der Waals surface area contributed by atoms with Gasteiger partial charge in [-0.1, -0.05) is 17.3 Å². The lowest BCUT2D eigenvalue weighted by molar-refractivity contribution is -0.0941. The van der Waals surface area contributed by atoms with Gasteiger partial charge in [0.15, 0.2) is 0 Å². The van der Waals surface area contributed by atoms with Crippen molar-refractivity contribution in [3.8, 4) is 0 Å². The third-order valence-corrected chi connectivity index (χ3v) is 3.70. The molecule has 0 atom stereocenters. The summed E-state index contributed by atoms with van der Waals surface area (Å²) in [7, 11) is 0.